The van der Waals surface area contributed by atoms with Crippen LogP contribution in [0.25, 0.3) is 0 Å². The van der Waals surface area contributed by atoms with Gasteiger partial charge in [-0.25, -0.2) is 9.79 Å². The molecule has 0 bridgehead atoms. The minimum atomic E-state index is -0.864. The molecule has 1 N–H and O–H groups in total. The van der Waals surface area contributed by atoms with Crippen LogP contribution in [0.4, 0.5) is 0 Å². The zero-order valence-corrected chi connectivity index (χ0v) is 7.17. The van der Waals surface area contributed by atoms with Crippen molar-refractivity contribution < 1.29 is 14.3 Å². The normalized spacial score (nSPS) is 19.9. The fraction of sp³-hybridized carbons (Fsp3) is 0.571. The van der Waals surface area contributed by atoms with Crippen LogP contribution in [-0.2, 0) is 14.3 Å². The SMILES string of the molecule is COC(=N)C1=NC(C)(C)OC1=O. The third kappa shape index (κ3) is 1.44. The maximum Gasteiger partial charge on any atom is 0.364 e. The second-order valence-corrected chi connectivity index (χ2v) is 2.83. The smallest absolute Gasteiger partial charge is 0.364 e. The highest BCUT2D eigenvalue weighted by atomic mass is 16.6. The quantitative estimate of drug-likeness (QED) is 0.350. The van der Waals surface area contributed by atoms with E-state index < -0.39 is 11.7 Å². The fourth-order valence-corrected chi connectivity index (χ4v) is 0.853. The molecule has 66 valence electrons. The van der Waals surface area contributed by atoms with Gasteiger partial charge >= 0.3 is 5.97 Å². The van der Waals surface area contributed by atoms with E-state index >= 15 is 0 Å². The molecule has 0 aromatic heterocycles. The molecule has 1 rings (SSSR count). The van der Waals surface area contributed by atoms with Crippen LogP contribution in [-0.4, -0.2) is 30.4 Å². The van der Waals surface area contributed by atoms with Gasteiger partial charge in [-0.2, -0.15) is 0 Å². The van der Waals surface area contributed by atoms with Gasteiger partial charge in [0.05, 0.1) is 7.11 Å². The van der Waals surface area contributed by atoms with Gasteiger partial charge in [-0.1, -0.05) is 0 Å². The maximum absolute atomic E-state index is 11.0. The lowest BCUT2D eigenvalue weighted by molar-refractivity contribution is -0.143. The molecule has 0 aromatic rings. The number of carbonyl (C=O) groups excluding carboxylic acids is 1. The monoisotopic (exact) mass is 170 g/mol. The molecule has 1 heterocycles. The van der Waals surface area contributed by atoms with Gasteiger partial charge in [-0.3, -0.25) is 5.41 Å². The first kappa shape index (κ1) is 8.70. The van der Waals surface area contributed by atoms with E-state index in [1.165, 1.54) is 7.11 Å². The van der Waals surface area contributed by atoms with Crippen molar-refractivity contribution in [3.8, 4) is 0 Å². The van der Waals surface area contributed by atoms with Crippen molar-refractivity contribution in [3.63, 3.8) is 0 Å². The van der Waals surface area contributed by atoms with Crippen LogP contribution >= 0.6 is 0 Å². The highest BCUT2D eigenvalue weighted by molar-refractivity contribution is 6.64. The highest BCUT2D eigenvalue weighted by Gasteiger charge is 2.36. The summed E-state index contributed by atoms with van der Waals surface area (Å²) in [5, 5.41) is 7.19. The predicted octanol–water partition coefficient (Wildman–Crippen LogP) is 0.344. The zero-order chi connectivity index (χ0) is 9.35. The number of nitrogens with one attached hydrogen (secondary N) is 1. The summed E-state index contributed by atoms with van der Waals surface area (Å²) in [5.41, 5.74) is -0.917. The van der Waals surface area contributed by atoms with Crippen LogP contribution in [0.2, 0.25) is 0 Å². The van der Waals surface area contributed by atoms with Gasteiger partial charge in [0.25, 0.3) is 0 Å². The lowest BCUT2D eigenvalue weighted by Crippen LogP contribution is -2.22. The number of hydrogen-bond donors (Lipinski definition) is 1. The van der Waals surface area contributed by atoms with Gasteiger partial charge < -0.3 is 9.47 Å². The summed E-state index contributed by atoms with van der Waals surface area (Å²) in [5.74, 6) is -0.863. The zero-order valence-electron chi connectivity index (χ0n) is 7.17. The van der Waals surface area contributed by atoms with E-state index in [9.17, 15) is 4.79 Å². The molecule has 12 heavy (non-hydrogen) atoms. The Morgan fingerprint density at radius 1 is 1.67 bits per heavy atom. The Morgan fingerprint density at radius 3 is 2.58 bits per heavy atom. The first-order chi connectivity index (χ1) is 5.46. The van der Waals surface area contributed by atoms with Crippen LogP contribution in [0.3, 0.4) is 0 Å². The number of methoxy groups -OCH3 is 1. The molecule has 1 aliphatic rings. The second kappa shape index (κ2) is 2.58. The van der Waals surface area contributed by atoms with Crippen molar-refractivity contribution in [2.75, 3.05) is 7.11 Å². The van der Waals surface area contributed by atoms with Crippen LogP contribution in [0.5, 0.6) is 0 Å². The van der Waals surface area contributed by atoms with Crippen LogP contribution < -0.4 is 0 Å². The van der Waals surface area contributed by atoms with Crippen molar-refractivity contribution >= 4 is 17.6 Å². The lowest BCUT2D eigenvalue weighted by atomic mass is 10.3. The maximum atomic E-state index is 11.0. The van der Waals surface area contributed by atoms with Crippen LogP contribution in [0, 0.1) is 5.41 Å². The molecule has 1 aliphatic heterocycles. The van der Waals surface area contributed by atoms with Crippen molar-refractivity contribution in [3.05, 3.63) is 0 Å². The summed E-state index contributed by atoms with van der Waals surface area (Å²) in [6, 6.07) is 0. The number of esters is 1. The first-order valence-corrected chi connectivity index (χ1v) is 3.42. The van der Waals surface area contributed by atoms with E-state index in [-0.39, 0.29) is 11.6 Å². The number of hydrogen-bond acceptors (Lipinski definition) is 5. The van der Waals surface area contributed by atoms with E-state index in [0.29, 0.717) is 0 Å². The van der Waals surface area contributed by atoms with Crippen molar-refractivity contribution in [1.82, 2.24) is 0 Å². The Kier molecular flexibility index (Phi) is 1.87. The number of ether oxygens (including phenoxy) is 2. The highest BCUT2D eigenvalue weighted by Crippen LogP contribution is 2.18. The molecule has 0 amide bonds. The van der Waals surface area contributed by atoms with Gasteiger partial charge in [0.1, 0.15) is 0 Å². The Morgan fingerprint density at radius 2 is 2.25 bits per heavy atom. The fourth-order valence-electron chi connectivity index (χ4n) is 0.853. The average Bonchev–Trinajstić information content (AvgIpc) is 2.23. The van der Waals surface area contributed by atoms with E-state index in [2.05, 4.69) is 9.73 Å². The summed E-state index contributed by atoms with van der Waals surface area (Å²) in [6.45, 7) is 3.28. The van der Waals surface area contributed by atoms with Gasteiger partial charge in [0, 0.05) is 0 Å². The Balaban J connectivity index is 2.91. The standard InChI is InChI=1S/C7H10N2O3/c1-7(2)9-4(5(8)11-3)6(10)12-7/h8H,1-3H3. The van der Waals surface area contributed by atoms with E-state index in [4.69, 9.17) is 10.1 Å². The van der Waals surface area contributed by atoms with Crippen molar-refractivity contribution in [2.24, 2.45) is 4.99 Å². The largest absolute Gasteiger partial charge is 0.480 e. The van der Waals surface area contributed by atoms with Gasteiger partial charge in [0.15, 0.2) is 5.72 Å². The Hall–Kier alpha value is -1.39. The van der Waals surface area contributed by atoms with Gasteiger partial charge in [-0.15, -0.1) is 0 Å². The molecule has 0 unspecified atom stereocenters. The van der Waals surface area contributed by atoms with Crippen molar-refractivity contribution in [1.29, 1.82) is 5.41 Å². The number of carbonyl (C=O) groups is 1. The Labute approximate surface area is 69.9 Å². The molecule has 0 aliphatic carbocycles. The predicted molar refractivity (Wildman–Crippen MR) is 42.3 cm³/mol. The molecule has 0 atom stereocenters. The number of nitrogens with zero attached hydrogens (tertiary/aromatic N) is 1. The summed E-state index contributed by atoms with van der Waals surface area (Å²) >= 11 is 0. The van der Waals surface area contributed by atoms with E-state index in [0.717, 1.165) is 0 Å². The molecular formula is C7H10N2O3. The first-order valence-electron chi connectivity index (χ1n) is 3.42. The summed E-state index contributed by atoms with van der Waals surface area (Å²) in [7, 11) is 1.31. The summed E-state index contributed by atoms with van der Waals surface area (Å²) < 4.78 is 9.37. The second-order valence-electron chi connectivity index (χ2n) is 2.83. The molecule has 0 saturated heterocycles. The minimum Gasteiger partial charge on any atom is -0.480 e. The molecule has 0 saturated carbocycles. The lowest BCUT2D eigenvalue weighted by Gasteiger charge is -2.10. The van der Waals surface area contributed by atoms with Crippen molar-refractivity contribution in [2.45, 2.75) is 19.6 Å². The van der Waals surface area contributed by atoms with E-state index in [1.807, 2.05) is 0 Å². The average molecular weight is 170 g/mol. The summed E-state index contributed by atoms with van der Waals surface area (Å²) in [4.78, 5) is 14.9. The third-order valence-corrected chi connectivity index (χ3v) is 1.34. The molecule has 0 spiro atoms. The third-order valence-electron chi connectivity index (χ3n) is 1.34. The molecule has 5 nitrogen and oxygen atoms in total. The van der Waals surface area contributed by atoms with Crippen LogP contribution in [0.15, 0.2) is 4.99 Å². The molecule has 5 heteroatoms. The number of aliphatic imine (C=N–C) groups is 1. The van der Waals surface area contributed by atoms with Crippen LogP contribution in [0.1, 0.15) is 13.8 Å². The summed E-state index contributed by atoms with van der Waals surface area (Å²) in [6.07, 6.45) is 0. The molecular weight excluding hydrogens is 160 g/mol. The molecule has 0 aromatic carbocycles. The Bertz CT molecular complexity index is 268. The van der Waals surface area contributed by atoms with Gasteiger partial charge in [0.2, 0.25) is 11.6 Å². The van der Waals surface area contributed by atoms with E-state index in [1.54, 1.807) is 13.8 Å². The minimum absolute atomic E-state index is 0.0532. The molecule has 0 fully saturated rings. The number of rotatable bonds is 1. The molecule has 0 radical (unpaired) electrons. The van der Waals surface area contributed by atoms with Gasteiger partial charge in [-0.05, 0) is 13.8 Å². The topological polar surface area (TPSA) is 71.7 Å². The number of cyclic esters (lactones) is 1.